The van der Waals surface area contributed by atoms with Crippen LogP contribution in [0.15, 0.2) is 84.0 Å². The van der Waals surface area contributed by atoms with Crippen molar-refractivity contribution in [2.45, 2.75) is 12.5 Å². The summed E-state index contributed by atoms with van der Waals surface area (Å²) in [4.78, 5) is 0. The van der Waals surface area contributed by atoms with Gasteiger partial charge in [0.05, 0.1) is 24.6 Å². The summed E-state index contributed by atoms with van der Waals surface area (Å²) >= 11 is 6.06. The monoisotopic (exact) mass is 362 g/mol. The fourth-order valence-corrected chi connectivity index (χ4v) is 3.36. The molecule has 4 rings (SSSR count). The van der Waals surface area contributed by atoms with Crippen molar-refractivity contribution in [1.82, 2.24) is 0 Å². The average molecular weight is 363 g/mol. The third-order valence-corrected chi connectivity index (χ3v) is 4.86. The lowest BCUT2D eigenvalue weighted by molar-refractivity contribution is 0.414. The highest BCUT2D eigenvalue weighted by Gasteiger charge is 2.29. The second kappa shape index (κ2) is 7.22. The molecule has 1 aliphatic rings. The van der Waals surface area contributed by atoms with Crippen molar-refractivity contribution < 1.29 is 4.74 Å². The third kappa shape index (κ3) is 3.31. The number of halogens is 1. The summed E-state index contributed by atoms with van der Waals surface area (Å²) in [6.07, 6.45) is 0.846. The molecule has 0 aromatic heterocycles. The van der Waals surface area contributed by atoms with E-state index in [1.807, 2.05) is 54.6 Å². The highest BCUT2D eigenvalue weighted by Crippen LogP contribution is 2.37. The van der Waals surface area contributed by atoms with E-state index in [9.17, 15) is 0 Å². The van der Waals surface area contributed by atoms with Crippen molar-refractivity contribution in [3.63, 3.8) is 0 Å². The average Bonchev–Trinajstić information content (AvgIpc) is 3.15. The maximum absolute atomic E-state index is 6.06. The zero-order valence-electron chi connectivity index (χ0n) is 14.5. The van der Waals surface area contributed by atoms with Crippen LogP contribution in [0, 0.1) is 0 Å². The van der Waals surface area contributed by atoms with Crippen molar-refractivity contribution in [3.05, 3.63) is 95.0 Å². The van der Waals surface area contributed by atoms with Crippen LogP contribution in [0.25, 0.3) is 0 Å². The Morgan fingerprint density at radius 3 is 2.27 bits per heavy atom. The molecular weight excluding hydrogens is 344 g/mol. The number of nitrogens with zero attached hydrogens (tertiary/aromatic N) is 2. The van der Waals surface area contributed by atoms with Crippen molar-refractivity contribution in [2.75, 3.05) is 12.1 Å². The Balaban J connectivity index is 1.72. The van der Waals surface area contributed by atoms with Crippen LogP contribution >= 0.6 is 11.6 Å². The molecule has 0 spiro atoms. The van der Waals surface area contributed by atoms with Gasteiger partial charge >= 0.3 is 0 Å². The van der Waals surface area contributed by atoms with Gasteiger partial charge in [-0.15, -0.1) is 0 Å². The maximum atomic E-state index is 6.06. The number of rotatable bonds is 4. The molecule has 1 atom stereocenters. The molecule has 0 bridgehead atoms. The van der Waals surface area contributed by atoms with Crippen molar-refractivity contribution >= 4 is 23.0 Å². The molecule has 1 heterocycles. The molecule has 0 aliphatic carbocycles. The second-order valence-electron chi connectivity index (χ2n) is 6.23. The zero-order valence-corrected chi connectivity index (χ0v) is 15.2. The van der Waals surface area contributed by atoms with Crippen LogP contribution in [0.1, 0.15) is 23.6 Å². The first-order valence-corrected chi connectivity index (χ1v) is 8.94. The summed E-state index contributed by atoms with van der Waals surface area (Å²) in [5.41, 5.74) is 4.47. The maximum Gasteiger partial charge on any atom is 0.118 e. The van der Waals surface area contributed by atoms with E-state index in [2.05, 4.69) is 29.3 Å². The molecule has 0 amide bonds. The Kier molecular flexibility index (Phi) is 4.63. The van der Waals surface area contributed by atoms with Gasteiger partial charge in [-0.05, 0) is 47.5 Å². The molecule has 3 aromatic rings. The van der Waals surface area contributed by atoms with Crippen LogP contribution in [0.4, 0.5) is 5.69 Å². The SMILES string of the molecule is COc1ccc(C2CC(c3ccccc3)=NN2c2ccc(Cl)cc2)cc1. The van der Waals surface area contributed by atoms with E-state index in [-0.39, 0.29) is 6.04 Å². The molecule has 26 heavy (non-hydrogen) atoms. The smallest absolute Gasteiger partial charge is 0.118 e. The minimum absolute atomic E-state index is 0.136. The topological polar surface area (TPSA) is 24.8 Å². The molecule has 0 radical (unpaired) electrons. The minimum atomic E-state index is 0.136. The van der Waals surface area contributed by atoms with E-state index in [0.29, 0.717) is 0 Å². The first-order chi connectivity index (χ1) is 12.7. The van der Waals surface area contributed by atoms with Crippen LogP contribution in [0.5, 0.6) is 5.75 Å². The van der Waals surface area contributed by atoms with Gasteiger partial charge in [-0.25, -0.2) is 0 Å². The van der Waals surface area contributed by atoms with Gasteiger partial charge in [0, 0.05) is 11.4 Å². The molecule has 4 heteroatoms. The fourth-order valence-electron chi connectivity index (χ4n) is 3.23. The summed E-state index contributed by atoms with van der Waals surface area (Å²) < 4.78 is 5.29. The van der Waals surface area contributed by atoms with Gasteiger partial charge < -0.3 is 4.74 Å². The van der Waals surface area contributed by atoms with Crippen molar-refractivity contribution in [2.24, 2.45) is 5.10 Å². The molecule has 3 nitrogen and oxygen atoms in total. The molecule has 1 aliphatic heterocycles. The Labute approximate surface area is 158 Å². The largest absolute Gasteiger partial charge is 0.497 e. The molecule has 0 saturated heterocycles. The van der Waals surface area contributed by atoms with E-state index in [1.54, 1.807) is 7.11 Å². The van der Waals surface area contributed by atoms with E-state index >= 15 is 0 Å². The lowest BCUT2D eigenvalue weighted by Gasteiger charge is -2.24. The third-order valence-electron chi connectivity index (χ3n) is 4.61. The highest BCUT2D eigenvalue weighted by molar-refractivity contribution is 6.30. The number of anilines is 1. The Bertz CT molecular complexity index is 905. The minimum Gasteiger partial charge on any atom is -0.497 e. The summed E-state index contributed by atoms with van der Waals surface area (Å²) in [7, 11) is 1.68. The van der Waals surface area contributed by atoms with E-state index in [1.165, 1.54) is 5.56 Å². The Morgan fingerprint density at radius 1 is 0.923 bits per heavy atom. The summed E-state index contributed by atoms with van der Waals surface area (Å²) in [6.45, 7) is 0. The molecule has 1 unspecified atom stereocenters. The number of hydrogen-bond donors (Lipinski definition) is 0. The standard InChI is InChI=1S/C22H19ClN2O/c1-26-20-13-7-17(8-14-20)22-15-21(16-5-3-2-4-6-16)24-25(22)19-11-9-18(23)10-12-19/h2-14,22H,15H2,1H3. The molecule has 0 N–H and O–H groups in total. The first kappa shape index (κ1) is 16.7. The predicted octanol–water partition coefficient (Wildman–Crippen LogP) is 5.70. The molecule has 3 aromatic carbocycles. The Hall–Kier alpha value is -2.78. The van der Waals surface area contributed by atoms with E-state index in [4.69, 9.17) is 21.4 Å². The number of hydrazone groups is 1. The van der Waals surface area contributed by atoms with Gasteiger partial charge in [0.25, 0.3) is 0 Å². The number of methoxy groups -OCH3 is 1. The van der Waals surface area contributed by atoms with Crippen LogP contribution < -0.4 is 9.75 Å². The van der Waals surface area contributed by atoms with Crippen LogP contribution in [0.3, 0.4) is 0 Å². The zero-order chi connectivity index (χ0) is 17.9. The van der Waals surface area contributed by atoms with Gasteiger partial charge in [-0.2, -0.15) is 5.10 Å². The summed E-state index contributed by atoms with van der Waals surface area (Å²) in [5, 5.41) is 7.74. The van der Waals surface area contributed by atoms with Crippen LogP contribution in [-0.4, -0.2) is 12.8 Å². The number of hydrogen-bond acceptors (Lipinski definition) is 3. The summed E-state index contributed by atoms with van der Waals surface area (Å²) in [5.74, 6) is 0.856. The first-order valence-electron chi connectivity index (χ1n) is 8.56. The van der Waals surface area contributed by atoms with Crippen LogP contribution in [-0.2, 0) is 0 Å². The lowest BCUT2D eigenvalue weighted by Crippen LogP contribution is -2.18. The highest BCUT2D eigenvalue weighted by atomic mass is 35.5. The fraction of sp³-hybridized carbons (Fsp3) is 0.136. The molecule has 130 valence electrons. The lowest BCUT2D eigenvalue weighted by atomic mass is 9.98. The van der Waals surface area contributed by atoms with Gasteiger partial charge in [0.1, 0.15) is 5.75 Å². The predicted molar refractivity (Wildman–Crippen MR) is 107 cm³/mol. The number of ether oxygens (including phenoxy) is 1. The summed E-state index contributed by atoms with van der Waals surface area (Å²) in [6, 6.07) is 26.5. The molecule has 0 fully saturated rings. The molecule has 0 saturated carbocycles. The normalized spacial score (nSPS) is 16.5. The molecular formula is C22H19ClN2O. The Morgan fingerprint density at radius 2 is 1.62 bits per heavy atom. The van der Waals surface area contributed by atoms with E-state index in [0.717, 1.165) is 34.2 Å². The van der Waals surface area contributed by atoms with Gasteiger partial charge in [-0.1, -0.05) is 54.1 Å². The van der Waals surface area contributed by atoms with Gasteiger partial charge in [0.2, 0.25) is 0 Å². The van der Waals surface area contributed by atoms with Gasteiger partial charge in [-0.3, -0.25) is 5.01 Å². The van der Waals surface area contributed by atoms with Crippen molar-refractivity contribution in [1.29, 1.82) is 0 Å². The second-order valence-corrected chi connectivity index (χ2v) is 6.66. The van der Waals surface area contributed by atoms with Crippen molar-refractivity contribution in [3.8, 4) is 5.75 Å². The number of benzene rings is 3. The van der Waals surface area contributed by atoms with Gasteiger partial charge in [0.15, 0.2) is 0 Å². The van der Waals surface area contributed by atoms with Crippen LogP contribution in [0.2, 0.25) is 5.02 Å². The van der Waals surface area contributed by atoms with E-state index < -0.39 is 0 Å². The quantitative estimate of drug-likeness (QED) is 0.594.